The van der Waals surface area contributed by atoms with Crippen LogP contribution in [-0.2, 0) is 9.53 Å². The van der Waals surface area contributed by atoms with E-state index in [0.717, 1.165) is 41.9 Å². The summed E-state index contributed by atoms with van der Waals surface area (Å²) in [6.45, 7) is 2.60. The summed E-state index contributed by atoms with van der Waals surface area (Å²) in [5.74, 6) is 1.68. The molecule has 2 N–H and O–H groups in total. The summed E-state index contributed by atoms with van der Waals surface area (Å²) in [5.41, 5.74) is 3.39. The van der Waals surface area contributed by atoms with Gasteiger partial charge in [-0.3, -0.25) is 4.79 Å². The molecular formula is C23H25N3O4. The van der Waals surface area contributed by atoms with Gasteiger partial charge in [-0.05, 0) is 55.7 Å². The van der Waals surface area contributed by atoms with Crippen LogP contribution in [0.1, 0.15) is 37.3 Å². The second kappa shape index (κ2) is 9.00. The first-order valence-electron chi connectivity index (χ1n) is 10.0. The number of anilines is 1. The summed E-state index contributed by atoms with van der Waals surface area (Å²) >= 11 is 0. The number of H-pyrrole nitrogens is 1. The van der Waals surface area contributed by atoms with E-state index in [9.17, 15) is 4.79 Å². The van der Waals surface area contributed by atoms with Crippen LogP contribution in [0, 0.1) is 0 Å². The van der Waals surface area contributed by atoms with Gasteiger partial charge < -0.3 is 24.5 Å². The fourth-order valence-corrected chi connectivity index (χ4v) is 3.49. The molecule has 1 saturated heterocycles. The second-order valence-corrected chi connectivity index (χ2v) is 7.10. The molecule has 2 aromatic carbocycles. The molecule has 1 atom stereocenters. The average Bonchev–Trinajstić information content (AvgIpc) is 3.42. The van der Waals surface area contributed by atoms with E-state index in [2.05, 4.69) is 15.3 Å². The number of imidazole rings is 1. The van der Waals surface area contributed by atoms with Crippen molar-refractivity contribution in [1.29, 1.82) is 0 Å². The minimum Gasteiger partial charge on any atom is -0.493 e. The van der Waals surface area contributed by atoms with E-state index in [1.165, 1.54) is 0 Å². The molecule has 1 aromatic heterocycles. The van der Waals surface area contributed by atoms with Crippen molar-refractivity contribution in [2.75, 3.05) is 25.6 Å². The van der Waals surface area contributed by atoms with Gasteiger partial charge in [0.25, 0.3) is 5.91 Å². The molecule has 1 aliphatic heterocycles. The average molecular weight is 407 g/mol. The van der Waals surface area contributed by atoms with Crippen LogP contribution in [-0.4, -0.2) is 36.2 Å². The molecule has 1 unspecified atom stereocenters. The number of hydrogen-bond donors (Lipinski definition) is 2. The van der Waals surface area contributed by atoms with E-state index in [4.69, 9.17) is 14.2 Å². The third-order valence-corrected chi connectivity index (χ3v) is 4.92. The predicted octanol–water partition coefficient (Wildman–Crippen LogP) is 4.47. The van der Waals surface area contributed by atoms with Gasteiger partial charge in [0, 0.05) is 12.3 Å². The van der Waals surface area contributed by atoms with Crippen LogP contribution in [0.3, 0.4) is 0 Å². The largest absolute Gasteiger partial charge is 0.493 e. The molecule has 30 heavy (non-hydrogen) atoms. The summed E-state index contributed by atoms with van der Waals surface area (Å²) in [6.07, 6.45) is 5.96. The Labute approximate surface area is 175 Å². The highest BCUT2D eigenvalue weighted by molar-refractivity contribution is 5.94. The third-order valence-electron chi connectivity index (χ3n) is 4.92. The zero-order chi connectivity index (χ0) is 20.9. The summed E-state index contributed by atoms with van der Waals surface area (Å²) in [4.78, 5) is 20.3. The van der Waals surface area contributed by atoms with Gasteiger partial charge in [0.2, 0.25) is 0 Å². The third kappa shape index (κ3) is 4.46. The number of rotatable bonds is 7. The number of amides is 1. The molecule has 1 aliphatic rings. The summed E-state index contributed by atoms with van der Waals surface area (Å²) in [5, 5.41) is 2.86. The second-order valence-electron chi connectivity index (χ2n) is 7.10. The van der Waals surface area contributed by atoms with Gasteiger partial charge >= 0.3 is 0 Å². The normalized spacial score (nSPS) is 16.3. The predicted molar refractivity (Wildman–Crippen MR) is 116 cm³/mol. The Hall–Kier alpha value is -3.32. The maximum absolute atomic E-state index is 12.4. The lowest BCUT2D eigenvalue weighted by molar-refractivity contribution is -0.118. The molecule has 2 heterocycles. The molecule has 0 radical (unpaired) electrons. The zero-order valence-corrected chi connectivity index (χ0v) is 17.1. The van der Waals surface area contributed by atoms with Crippen molar-refractivity contribution in [2.24, 2.45) is 0 Å². The number of nitrogens with one attached hydrogen (secondary N) is 2. The smallest absolute Gasteiger partial charge is 0.262 e. The number of ether oxygens (including phenoxy) is 3. The molecule has 1 fully saturated rings. The SMILES string of the molecule is C/C=C/c1ccc(OCC(=O)Nc2ccc3nc(C4CCCO4)[nH]c3c2)c(OC)c1. The Morgan fingerprint density at radius 3 is 2.97 bits per heavy atom. The van der Waals surface area contributed by atoms with Crippen molar-refractivity contribution >= 4 is 28.7 Å². The number of hydrogen-bond acceptors (Lipinski definition) is 5. The molecule has 7 nitrogen and oxygen atoms in total. The first kappa shape index (κ1) is 20.0. The first-order chi connectivity index (χ1) is 14.7. The lowest BCUT2D eigenvalue weighted by Gasteiger charge is -2.11. The van der Waals surface area contributed by atoms with Gasteiger partial charge in [0.15, 0.2) is 18.1 Å². The highest BCUT2D eigenvalue weighted by Gasteiger charge is 2.21. The van der Waals surface area contributed by atoms with E-state index >= 15 is 0 Å². The van der Waals surface area contributed by atoms with E-state index < -0.39 is 0 Å². The van der Waals surface area contributed by atoms with Crippen LogP contribution in [0.15, 0.2) is 42.5 Å². The quantitative estimate of drug-likeness (QED) is 0.603. The molecule has 4 rings (SSSR count). The van der Waals surface area contributed by atoms with Crippen LogP contribution < -0.4 is 14.8 Å². The number of aromatic nitrogens is 2. The maximum atomic E-state index is 12.4. The Balaban J connectivity index is 1.39. The van der Waals surface area contributed by atoms with Crippen molar-refractivity contribution in [2.45, 2.75) is 25.9 Å². The zero-order valence-electron chi connectivity index (χ0n) is 17.1. The Kier molecular flexibility index (Phi) is 5.99. The molecule has 0 bridgehead atoms. The highest BCUT2D eigenvalue weighted by atomic mass is 16.5. The minimum absolute atomic E-state index is 0.0260. The van der Waals surface area contributed by atoms with Crippen molar-refractivity contribution < 1.29 is 19.0 Å². The number of carbonyl (C=O) groups excluding carboxylic acids is 1. The Bertz CT molecular complexity index is 1070. The fraction of sp³-hybridized carbons (Fsp3) is 0.304. The number of nitrogens with zero attached hydrogens (tertiary/aromatic N) is 1. The van der Waals surface area contributed by atoms with E-state index in [1.807, 2.05) is 49.4 Å². The lowest BCUT2D eigenvalue weighted by Crippen LogP contribution is -2.20. The van der Waals surface area contributed by atoms with Crippen LogP contribution >= 0.6 is 0 Å². The lowest BCUT2D eigenvalue weighted by atomic mass is 10.2. The van der Waals surface area contributed by atoms with Gasteiger partial charge in [-0.1, -0.05) is 18.2 Å². The van der Waals surface area contributed by atoms with Crippen LogP contribution in [0.2, 0.25) is 0 Å². The monoisotopic (exact) mass is 407 g/mol. The van der Waals surface area contributed by atoms with Gasteiger partial charge in [0.05, 0.1) is 18.1 Å². The number of allylic oxidation sites excluding steroid dienone is 1. The molecule has 156 valence electrons. The van der Waals surface area contributed by atoms with Crippen LogP contribution in [0.5, 0.6) is 11.5 Å². The first-order valence-corrected chi connectivity index (χ1v) is 10.0. The Morgan fingerprint density at radius 1 is 1.30 bits per heavy atom. The number of benzene rings is 2. The molecule has 7 heteroatoms. The molecule has 3 aromatic rings. The minimum atomic E-state index is -0.257. The number of carbonyl (C=O) groups is 1. The van der Waals surface area contributed by atoms with Crippen LogP contribution in [0.4, 0.5) is 5.69 Å². The van der Waals surface area contributed by atoms with Gasteiger partial charge in [-0.2, -0.15) is 0 Å². The van der Waals surface area contributed by atoms with Gasteiger partial charge in [-0.15, -0.1) is 0 Å². The maximum Gasteiger partial charge on any atom is 0.262 e. The summed E-state index contributed by atoms with van der Waals surface area (Å²) in [7, 11) is 1.58. The molecule has 0 aliphatic carbocycles. The highest BCUT2D eigenvalue weighted by Crippen LogP contribution is 2.30. The molecular weight excluding hydrogens is 382 g/mol. The van der Waals surface area contributed by atoms with E-state index in [0.29, 0.717) is 17.2 Å². The van der Waals surface area contributed by atoms with Crippen molar-refractivity contribution in [3.8, 4) is 11.5 Å². The van der Waals surface area contributed by atoms with Crippen molar-refractivity contribution in [3.63, 3.8) is 0 Å². The fourth-order valence-electron chi connectivity index (χ4n) is 3.49. The van der Waals surface area contributed by atoms with E-state index in [-0.39, 0.29) is 18.6 Å². The number of aromatic amines is 1. The Morgan fingerprint density at radius 2 is 2.20 bits per heavy atom. The standard InChI is InChI=1S/C23H25N3O4/c1-3-5-15-7-10-19(21(12-15)28-2)30-14-22(27)24-16-8-9-17-18(13-16)26-23(25-17)20-6-4-11-29-20/h3,5,7-10,12-13,20H,4,6,11,14H2,1-2H3,(H,24,27)(H,25,26)/b5-3+. The van der Waals surface area contributed by atoms with E-state index in [1.54, 1.807) is 13.2 Å². The number of methoxy groups -OCH3 is 1. The molecule has 0 spiro atoms. The van der Waals surface area contributed by atoms with Gasteiger partial charge in [0.1, 0.15) is 11.9 Å². The molecule has 1 amide bonds. The van der Waals surface area contributed by atoms with Crippen molar-refractivity contribution in [3.05, 3.63) is 53.9 Å². The van der Waals surface area contributed by atoms with Gasteiger partial charge in [-0.25, -0.2) is 4.98 Å². The molecule has 0 saturated carbocycles. The number of fused-ring (bicyclic) bond motifs is 1. The summed E-state index contributed by atoms with van der Waals surface area (Å²) in [6, 6.07) is 11.1. The van der Waals surface area contributed by atoms with Crippen molar-refractivity contribution in [1.82, 2.24) is 9.97 Å². The summed E-state index contributed by atoms with van der Waals surface area (Å²) < 4.78 is 16.7. The van der Waals surface area contributed by atoms with Crippen LogP contribution in [0.25, 0.3) is 17.1 Å². The topological polar surface area (TPSA) is 85.5 Å².